The zero-order valence-corrected chi connectivity index (χ0v) is 13.3. The van der Waals surface area contributed by atoms with Crippen LogP contribution in [0, 0.1) is 0 Å². The van der Waals surface area contributed by atoms with Crippen molar-refractivity contribution in [3.05, 3.63) is 64.5 Å². The van der Waals surface area contributed by atoms with Gasteiger partial charge in [0.1, 0.15) is 12.4 Å². The van der Waals surface area contributed by atoms with Crippen molar-refractivity contribution in [1.29, 1.82) is 0 Å². The summed E-state index contributed by atoms with van der Waals surface area (Å²) in [7, 11) is 0. The Morgan fingerprint density at radius 1 is 1.00 bits per heavy atom. The number of fused-ring (bicyclic) bond motifs is 3. The molecule has 2 aromatic carbocycles. The molecule has 112 valence electrons. The molecule has 1 aliphatic heterocycles. The number of benzene rings is 2. The first-order valence-electron chi connectivity index (χ1n) is 7.82. The van der Waals surface area contributed by atoms with Crippen molar-refractivity contribution in [2.75, 3.05) is 13.1 Å². The van der Waals surface area contributed by atoms with Crippen molar-refractivity contribution in [2.45, 2.75) is 19.4 Å². The molecule has 1 aromatic heterocycles. The monoisotopic (exact) mass is 309 g/mol. The third kappa shape index (κ3) is 2.74. The van der Waals surface area contributed by atoms with Gasteiger partial charge in [-0.25, -0.2) is 0 Å². The van der Waals surface area contributed by atoms with Crippen molar-refractivity contribution in [1.82, 2.24) is 5.32 Å². The van der Waals surface area contributed by atoms with Gasteiger partial charge in [-0.3, -0.25) is 0 Å². The first kappa shape index (κ1) is 13.8. The fraction of sp³-hybridized carbons (Fsp3) is 0.263. The highest BCUT2D eigenvalue weighted by molar-refractivity contribution is 7.19. The largest absolute Gasteiger partial charge is 0.489 e. The van der Waals surface area contributed by atoms with Crippen molar-refractivity contribution >= 4 is 21.4 Å². The molecular weight excluding hydrogens is 290 g/mol. The highest BCUT2D eigenvalue weighted by atomic mass is 32.1. The number of hydrogen-bond acceptors (Lipinski definition) is 3. The molecular formula is C19H19NOS. The molecule has 22 heavy (non-hydrogen) atoms. The molecule has 1 aliphatic rings. The molecule has 4 rings (SSSR count). The third-order valence-electron chi connectivity index (χ3n) is 4.18. The summed E-state index contributed by atoms with van der Waals surface area (Å²) in [6.45, 7) is 2.81. The van der Waals surface area contributed by atoms with E-state index in [4.69, 9.17) is 4.74 Å². The van der Waals surface area contributed by atoms with Crippen LogP contribution < -0.4 is 10.1 Å². The molecule has 0 radical (unpaired) electrons. The number of nitrogens with one attached hydrogen (secondary N) is 1. The average molecular weight is 309 g/mol. The molecule has 0 bridgehead atoms. The van der Waals surface area contributed by atoms with Crippen LogP contribution in [0.25, 0.3) is 10.1 Å². The van der Waals surface area contributed by atoms with Crippen molar-refractivity contribution in [3.63, 3.8) is 0 Å². The lowest BCUT2D eigenvalue weighted by Crippen LogP contribution is -2.16. The minimum Gasteiger partial charge on any atom is -0.489 e. The summed E-state index contributed by atoms with van der Waals surface area (Å²) in [6.07, 6.45) is 2.29. The van der Waals surface area contributed by atoms with E-state index in [1.807, 2.05) is 29.5 Å². The molecule has 0 spiro atoms. The Balaban J connectivity index is 1.58. The molecule has 0 aliphatic carbocycles. The van der Waals surface area contributed by atoms with Gasteiger partial charge in [-0.2, -0.15) is 0 Å². The molecule has 3 aromatic rings. The first-order chi connectivity index (χ1) is 10.9. The van der Waals surface area contributed by atoms with Crippen LogP contribution in [0.1, 0.15) is 16.0 Å². The number of thiophene rings is 1. The van der Waals surface area contributed by atoms with Crippen LogP contribution in [0.4, 0.5) is 0 Å². The number of hydrogen-bond donors (Lipinski definition) is 1. The van der Waals surface area contributed by atoms with Gasteiger partial charge in [-0.1, -0.05) is 30.3 Å². The second-order valence-electron chi connectivity index (χ2n) is 5.69. The lowest BCUT2D eigenvalue weighted by molar-refractivity contribution is 0.306. The van der Waals surface area contributed by atoms with Gasteiger partial charge in [0.25, 0.3) is 0 Å². The average Bonchev–Trinajstić information content (AvgIpc) is 2.74. The van der Waals surface area contributed by atoms with Gasteiger partial charge in [0.15, 0.2) is 0 Å². The minimum atomic E-state index is 0.626. The Bertz CT molecular complexity index is 779. The molecule has 0 amide bonds. The van der Waals surface area contributed by atoms with Crippen LogP contribution in [0.3, 0.4) is 0 Å². The predicted molar refractivity (Wildman–Crippen MR) is 92.9 cm³/mol. The fourth-order valence-corrected chi connectivity index (χ4v) is 4.31. The highest BCUT2D eigenvalue weighted by Gasteiger charge is 2.14. The molecule has 0 saturated carbocycles. The molecule has 2 heterocycles. The van der Waals surface area contributed by atoms with Crippen molar-refractivity contribution < 1.29 is 4.74 Å². The van der Waals surface area contributed by atoms with E-state index in [9.17, 15) is 0 Å². The zero-order valence-electron chi connectivity index (χ0n) is 12.5. The maximum Gasteiger partial charge on any atom is 0.121 e. The Morgan fingerprint density at radius 3 is 2.77 bits per heavy atom. The number of rotatable bonds is 3. The van der Waals surface area contributed by atoms with Gasteiger partial charge >= 0.3 is 0 Å². The predicted octanol–water partition coefficient (Wildman–Crippen LogP) is 4.17. The topological polar surface area (TPSA) is 21.3 Å². The summed E-state index contributed by atoms with van der Waals surface area (Å²) in [6, 6.07) is 16.9. The van der Waals surface area contributed by atoms with Crippen LogP contribution in [0.5, 0.6) is 5.75 Å². The SMILES string of the molecule is c1ccc(COc2ccc3c4c(sc3c2)CCNCC4)cc1. The van der Waals surface area contributed by atoms with Gasteiger partial charge in [0.2, 0.25) is 0 Å². The quantitative estimate of drug-likeness (QED) is 0.784. The lowest BCUT2D eigenvalue weighted by atomic mass is 10.1. The Labute approximate surface area is 134 Å². The summed E-state index contributed by atoms with van der Waals surface area (Å²) >= 11 is 1.93. The Hall–Kier alpha value is -1.84. The van der Waals surface area contributed by atoms with E-state index in [0.29, 0.717) is 6.61 Å². The van der Waals surface area contributed by atoms with Crippen LogP contribution in [0.2, 0.25) is 0 Å². The van der Waals surface area contributed by atoms with E-state index in [0.717, 1.165) is 31.7 Å². The second-order valence-corrected chi connectivity index (χ2v) is 6.82. The highest BCUT2D eigenvalue weighted by Crippen LogP contribution is 2.35. The summed E-state index contributed by atoms with van der Waals surface area (Å²) in [5, 5.41) is 4.89. The lowest BCUT2D eigenvalue weighted by Gasteiger charge is -2.06. The van der Waals surface area contributed by atoms with Crippen LogP contribution in [-0.4, -0.2) is 13.1 Å². The van der Waals surface area contributed by atoms with E-state index in [-0.39, 0.29) is 0 Å². The smallest absolute Gasteiger partial charge is 0.121 e. The van der Waals surface area contributed by atoms with Gasteiger partial charge in [-0.15, -0.1) is 11.3 Å². The van der Waals surface area contributed by atoms with Crippen LogP contribution >= 0.6 is 11.3 Å². The maximum absolute atomic E-state index is 5.95. The van der Waals surface area contributed by atoms with E-state index >= 15 is 0 Å². The van der Waals surface area contributed by atoms with Crippen molar-refractivity contribution in [2.24, 2.45) is 0 Å². The van der Waals surface area contributed by atoms with Crippen LogP contribution in [-0.2, 0) is 19.4 Å². The van der Waals surface area contributed by atoms with Gasteiger partial charge in [0, 0.05) is 9.58 Å². The molecule has 0 saturated heterocycles. The molecule has 0 fully saturated rings. The molecule has 3 heteroatoms. The van der Waals surface area contributed by atoms with Crippen LogP contribution in [0.15, 0.2) is 48.5 Å². The maximum atomic E-state index is 5.95. The Morgan fingerprint density at radius 2 is 1.86 bits per heavy atom. The fourth-order valence-electron chi connectivity index (χ4n) is 3.03. The third-order valence-corrected chi connectivity index (χ3v) is 5.43. The van der Waals surface area contributed by atoms with E-state index in [2.05, 4.69) is 35.6 Å². The standard InChI is InChI=1S/C19H19NOS/c1-2-4-14(5-3-1)13-21-15-6-7-16-17-8-10-20-11-9-18(17)22-19(16)12-15/h1-7,12,20H,8-11,13H2. The Kier molecular flexibility index (Phi) is 3.83. The summed E-state index contributed by atoms with van der Waals surface area (Å²) in [4.78, 5) is 1.54. The van der Waals surface area contributed by atoms with E-state index in [1.54, 1.807) is 10.4 Å². The zero-order chi connectivity index (χ0) is 14.8. The normalized spacial score (nSPS) is 14.5. The van der Waals surface area contributed by atoms with E-state index < -0.39 is 0 Å². The minimum absolute atomic E-state index is 0.626. The number of ether oxygens (including phenoxy) is 1. The summed E-state index contributed by atoms with van der Waals surface area (Å²) < 4.78 is 7.31. The summed E-state index contributed by atoms with van der Waals surface area (Å²) in [5.41, 5.74) is 2.75. The van der Waals surface area contributed by atoms with Gasteiger partial charge in [0.05, 0.1) is 0 Å². The molecule has 0 atom stereocenters. The van der Waals surface area contributed by atoms with E-state index in [1.165, 1.54) is 15.6 Å². The first-order valence-corrected chi connectivity index (χ1v) is 8.63. The van der Waals surface area contributed by atoms with Crippen molar-refractivity contribution in [3.8, 4) is 5.75 Å². The molecule has 1 N–H and O–H groups in total. The summed E-state index contributed by atoms with van der Waals surface area (Å²) in [5.74, 6) is 0.964. The van der Waals surface area contributed by atoms with Gasteiger partial charge in [-0.05, 0) is 60.6 Å². The molecule has 2 nitrogen and oxygen atoms in total. The van der Waals surface area contributed by atoms with Gasteiger partial charge < -0.3 is 10.1 Å². The molecule has 0 unspecified atom stereocenters. The second kappa shape index (κ2) is 6.11.